The van der Waals surface area contributed by atoms with Gasteiger partial charge in [0, 0.05) is 36.0 Å². The first-order valence-corrected chi connectivity index (χ1v) is 16.8. The van der Waals surface area contributed by atoms with Crippen molar-refractivity contribution >= 4 is 22.5 Å². The van der Waals surface area contributed by atoms with Crippen LogP contribution in [0.3, 0.4) is 0 Å². The number of carbonyl (C=O) groups is 1. The van der Waals surface area contributed by atoms with Crippen molar-refractivity contribution in [3.05, 3.63) is 89.1 Å². The molecule has 10 nitrogen and oxygen atoms in total. The second-order valence-corrected chi connectivity index (χ2v) is 13.8. The second kappa shape index (κ2) is 13.1. The zero-order valence-electron chi connectivity index (χ0n) is 27.8. The minimum absolute atomic E-state index is 0.171. The van der Waals surface area contributed by atoms with E-state index < -0.39 is 5.60 Å². The highest BCUT2D eigenvalue weighted by atomic mass is 16.6. The molecule has 47 heavy (non-hydrogen) atoms. The minimum atomic E-state index is -0.553. The highest BCUT2D eigenvalue weighted by molar-refractivity contribution is 5.94. The van der Waals surface area contributed by atoms with Crippen LogP contribution in [0.2, 0.25) is 0 Å². The van der Waals surface area contributed by atoms with Gasteiger partial charge in [0.25, 0.3) is 0 Å². The molecule has 5 aromatic rings. The number of benzene rings is 1. The summed E-state index contributed by atoms with van der Waals surface area (Å²) in [5, 5.41) is 4.62. The highest BCUT2D eigenvalue weighted by Crippen LogP contribution is 2.30. The van der Waals surface area contributed by atoms with Gasteiger partial charge >= 0.3 is 5.97 Å². The predicted molar refractivity (Wildman–Crippen MR) is 180 cm³/mol. The molecule has 0 unspecified atom stereocenters. The molecule has 2 saturated heterocycles. The molecule has 7 rings (SSSR count). The molecule has 10 heteroatoms. The zero-order chi connectivity index (χ0) is 32.5. The van der Waals surface area contributed by atoms with Crippen LogP contribution < -0.4 is 4.74 Å². The average molecular weight is 637 g/mol. The van der Waals surface area contributed by atoms with Gasteiger partial charge in [-0.3, -0.25) is 4.90 Å². The van der Waals surface area contributed by atoms with Crippen LogP contribution in [0.25, 0.3) is 16.6 Å². The van der Waals surface area contributed by atoms with Crippen molar-refractivity contribution in [3.8, 4) is 5.88 Å². The molecule has 2 fully saturated rings. The number of imidazole rings is 1. The summed E-state index contributed by atoms with van der Waals surface area (Å²) in [5.74, 6) is 1.71. The SMILES string of the molecule is CCc1cc2ccc(COc3cccc(C4CCN(Cc5nc6ccc(C(=O)OC(C)(C)C)cc6n5C[C@@H]5CCO5)CC4)n3)cn2n1. The first-order chi connectivity index (χ1) is 22.7. The van der Waals surface area contributed by atoms with E-state index in [1.165, 1.54) is 0 Å². The van der Waals surface area contributed by atoms with E-state index in [9.17, 15) is 4.79 Å². The number of likely N-dealkylation sites (tertiary alicyclic amines) is 1. The molecule has 6 heterocycles. The van der Waals surface area contributed by atoms with Crippen LogP contribution in [-0.4, -0.2) is 66.4 Å². The number of carbonyl (C=O) groups excluding carboxylic acids is 1. The van der Waals surface area contributed by atoms with Crippen molar-refractivity contribution in [2.75, 3.05) is 19.7 Å². The lowest BCUT2D eigenvalue weighted by Crippen LogP contribution is -2.35. The Morgan fingerprint density at radius 1 is 1.02 bits per heavy atom. The number of ether oxygens (including phenoxy) is 3. The Bertz CT molecular complexity index is 1880. The third-order valence-electron chi connectivity index (χ3n) is 9.08. The van der Waals surface area contributed by atoms with Gasteiger partial charge in [0.15, 0.2) is 0 Å². The number of fused-ring (bicyclic) bond motifs is 2. The molecule has 0 N–H and O–H groups in total. The van der Waals surface area contributed by atoms with Gasteiger partial charge in [0.05, 0.1) is 47.0 Å². The Morgan fingerprint density at radius 2 is 1.85 bits per heavy atom. The molecular weight excluding hydrogens is 592 g/mol. The van der Waals surface area contributed by atoms with E-state index in [1.807, 2.05) is 61.8 Å². The van der Waals surface area contributed by atoms with Crippen LogP contribution in [0.5, 0.6) is 5.88 Å². The van der Waals surface area contributed by atoms with Crippen LogP contribution in [0.1, 0.15) is 86.0 Å². The number of rotatable bonds is 10. The van der Waals surface area contributed by atoms with Crippen LogP contribution >= 0.6 is 0 Å². The van der Waals surface area contributed by atoms with Crippen LogP contribution in [0.4, 0.5) is 0 Å². The van der Waals surface area contributed by atoms with Crippen LogP contribution in [0, 0.1) is 0 Å². The second-order valence-electron chi connectivity index (χ2n) is 13.8. The molecule has 0 radical (unpaired) electrons. The van der Waals surface area contributed by atoms with E-state index in [2.05, 4.69) is 45.8 Å². The highest BCUT2D eigenvalue weighted by Gasteiger charge is 2.27. The monoisotopic (exact) mass is 636 g/mol. The van der Waals surface area contributed by atoms with Gasteiger partial charge in [-0.2, -0.15) is 5.10 Å². The number of aromatic nitrogens is 5. The number of pyridine rings is 2. The van der Waals surface area contributed by atoms with Gasteiger partial charge in [-0.1, -0.05) is 19.1 Å². The predicted octanol–water partition coefficient (Wildman–Crippen LogP) is 6.34. The summed E-state index contributed by atoms with van der Waals surface area (Å²) in [6.07, 6.45) is 6.18. The number of hydrogen-bond acceptors (Lipinski definition) is 8. The smallest absolute Gasteiger partial charge is 0.338 e. The van der Waals surface area contributed by atoms with E-state index >= 15 is 0 Å². The van der Waals surface area contributed by atoms with E-state index in [0.717, 1.165) is 97.8 Å². The molecule has 1 aromatic carbocycles. The molecule has 0 spiro atoms. The third-order valence-corrected chi connectivity index (χ3v) is 9.08. The molecule has 0 saturated carbocycles. The summed E-state index contributed by atoms with van der Waals surface area (Å²) < 4.78 is 21.7. The van der Waals surface area contributed by atoms with Gasteiger partial charge in [-0.25, -0.2) is 19.3 Å². The van der Waals surface area contributed by atoms with E-state index in [1.54, 1.807) is 0 Å². The fraction of sp³-hybridized carbons (Fsp3) is 0.459. The maximum absolute atomic E-state index is 12.9. The third kappa shape index (κ3) is 7.18. The van der Waals surface area contributed by atoms with E-state index in [0.29, 0.717) is 24.0 Å². The molecule has 2 aliphatic heterocycles. The molecule has 0 aliphatic carbocycles. The number of aryl methyl sites for hydroxylation is 1. The number of piperidine rings is 1. The molecule has 2 aliphatic rings. The summed E-state index contributed by atoms with van der Waals surface area (Å²) in [6, 6.07) is 18.1. The largest absolute Gasteiger partial charge is 0.473 e. The number of hydrogen-bond donors (Lipinski definition) is 0. The van der Waals surface area contributed by atoms with Crippen molar-refractivity contribution in [1.29, 1.82) is 0 Å². The molecule has 4 aromatic heterocycles. The normalized spacial score (nSPS) is 17.7. The van der Waals surface area contributed by atoms with Gasteiger partial charge < -0.3 is 18.8 Å². The van der Waals surface area contributed by atoms with Crippen molar-refractivity contribution in [1.82, 2.24) is 29.0 Å². The van der Waals surface area contributed by atoms with Crippen LogP contribution in [0.15, 0.2) is 60.8 Å². The van der Waals surface area contributed by atoms with Gasteiger partial charge in [0.1, 0.15) is 18.0 Å². The molecule has 0 amide bonds. The summed E-state index contributed by atoms with van der Waals surface area (Å²) in [5.41, 5.74) is 6.14. The Labute approximate surface area is 275 Å². The van der Waals surface area contributed by atoms with Gasteiger partial charge in [-0.05, 0) is 95.9 Å². The number of esters is 1. The lowest BCUT2D eigenvalue weighted by atomic mass is 9.93. The first-order valence-electron chi connectivity index (χ1n) is 16.8. The minimum Gasteiger partial charge on any atom is -0.473 e. The average Bonchev–Trinajstić information content (AvgIpc) is 3.61. The topological polar surface area (TPSA) is 96.0 Å². The van der Waals surface area contributed by atoms with Gasteiger partial charge in [0.2, 0.25) is 5.88 Å². The quantitative estimate of drug-likeness (QED) is 0.164. The number of nitrogens with zero attached hydrogens (tertiary/aromatic N) is 6. The van der Waals surface area contributed by atoms with Gasteiger partial charge in [-0.15, -0.1) is 0 Å². The lowest BCUT2D eigenvalue weighted by Gasteiger charge is -2.32. The zero-order valence-corrected chi connectivity index (χ0v) is 27.8. The van der Waals surface area contributed by atoms with Crippen molar-refractivity contribution in [2.24, 2.45) is 0 Å². The fourth-order valence-corrected chi connectivity index (χ4v) is 6.42. The molecular formula is C37H44N6O4. The molecule has 246 valence electrons. The fourth-order valence-electron chi connectivity index (χ4n) is 6.42. The Hall–Kier alpha value is -4.28. The summed E-state index contributed by atoms with van der Waals surface area (Å²) in [6.45, 7) is 12.4. The van der Waals surface area contributed by atoms with Crippen molar-refractivity contribution < 1.29 is 19.0 Å². The molecule has 1 atom stereocenters. The Balaban J connectivity index is 0.998. The van der Waals surface area contributed by atoms with E-state index in [4.69, 9.17) is 24.2 Å². The standard InChI is InChI=1S/C37H44N6O4/c1-5-28-20-29-11-9-25(21-43(29)40-28)24-46-35-8-6-7-31(39-35)26-13-16-41(17-14-26)23-34-38-32-12-10-27(36(44)47-37(2,3)4)19-33(32)42(34)22-30-15-18-45-30/h6-12,19-21,26,30H,5,13-18,22-24H2,1-4H3/t30-/m0/s1. The first kappa shape index (κ1) is 31.3. The Kier molecular flexibility index (Phi) is 8.72. The van der Waals surface area contributed by atoms with E-state index in [-0.39, 0.29) is 12.1 Å². The van der Waals surface area contributed by atoms with Crippen LogP contribution in [-0.2, 0) is 35.6 Å². The maximum atomic E-state index is 12.9. The van der Waals surface area contributed by atoms with Crippen molar-refractivity contribution in [3.63, 3.8) is 0 Å². The van der Waals surface area contributed by atoms with Crippen molar-refractivity contribution in [2.45, 2.75) is 90.7 Å². The summed E-state index contributed by atoms with van der Waals surface area (Å²) in [7, 11) is 0. The maximum Gasteiger partial charge on any atom is 0.338 e. The Morgan fingerprint density at radius 3 is 2.60 bits per heavy atom. The lowest BCUT2D eigenvalue weighted by molar-refractivity contribution is -0.0592. The summed E-state index contributed by atoms with van der Waals surface area (Å²) in [4.78, 5) is 25.3. The molecule has 0 bridgehead atoms. The summed E-state index contributed by atoms with van der Waals surface area (Å²) >= 11 is 0.